The van der Waals surface area contributed by atoms with Crippen molar-refractivity contribution in [2.24, 2.45) is 0 Å². The lowest BCUT2D eigenvalue weighted by atomic mass is 10.2. The fourth-order valence-corrected chi connectivity index (χ4v) is 1.50. The number of aromatic nitrogens is 1. The number of pyridine rings is 1. The molecule has 2 aromatic rings. The summed E-state index contributed by atoms with van der Waals surface area (Å²) < 4.78 is 0. The summed E-state index contributed by atoms with van der Waals surface area (Å²) in [5.41, 5.74) is 0. The second-order valence-corrected chi connectivity index (χ2v) is 3.26. The molecule has 1 aromatic carbocycles. The third-order valence-electron chi connectivity index (χ3n) is 1.68. The lowest BCUT2D eigenvalue weighted by Gasteiger charge is -1.98. The SMILES string of the molecule is Clc1cc2cccc(Cl)c2cn1. The molecule has 1 heterocycles. The standard InChI is InChI=1S/C9H5Cl2N/c10-8-3-1-2-6-4-9(11)12-5-7(6)8/h1-5H. The number of fused-ring (bicyclic) bond motifs is 1. The Kier molecular flexibility index (Phi) is 1.91. The minimum absolute atomic E-state index is 0.491. The van der Waals surface area contributed by atoms with Crippen LogP contribution in [0.2, 0.25) is 10.2 Å². The zero-order valence-electron chi connectivity index (χ0n) is 6.09. The van der Waals surface area contributed by atoms with Crippen molar-refractivity contribution in [1.82, 2.24) is 4.98 Å². The summed E-state index contributed by atoms with van der Waals surface area (Å²) in [4.78, 5) is 3.95. The molecule has 0 bridgehead atoms. The van der Waals surface area contributed by atoms with E-state index in [1.54, 1.807) is 12.3 Å². The van der Waals surface area contributed by atoms with Gasteiger partial charge in [0.1, 0.15) is 5.15 Å². The van der Waals surface area contributed by atoms with E-state index in [0.717, 1.165) is 10.8 Å². The van der Waals surface area contributed by atoms with Gasteiger partial charge in [-0.2, -0.15) is 0 Å². The van der Waals surface area contributed by atoms with Crippen molar-refractivity contribution in [3.05, 3.63) is 40.6 Å². The van der Waals surface area contributed by atoms with Gasteiger partial charge in [-0.15, -0.1) is 0 Å². The first kappa shape index (κ1) is 7.84. The Morgan fingerprint density at radius 3 is 2.83 bits per heavy atom. The topological polar surface area (TPSA) is 12.9 Å². The lowest BCUT2D eigenvalue weighted by molar-refractivity contribution is 1.36. The van der Waals surface area contributed by atoms with E-state index < -0.39 is 0 Å². The highest BCUT2D eigenvalue weighted by Gasteiger charge is 1.98. The summed E-state index contributed by atoms with van der Waals surface area (Å²) in [5.74, 6) is 0. The van der Waals surface area contributed by atoms with Gasteiger partial charge in [0.25, 0.3) is 0 Å². The molecule has 0 aliphatic carbocycles. The minimum atomic E-state index is 0.491. The number of halogens is 2. The minimum Gasteiger partial charge on any atom is -0.244 e. The highest BCUT2D eigenvalue weighted by Crippen LogP contribution is 2.23. The molecule has 0 spiro atoms. The van der Waals surface area contributed by atoms with E-state index in [9.17, 15) is 0 Å². The Hall–Kier alpha value is -0.790. The molecular weight excluding hydrogens is 193 g/mol. The van der Waals surface area contributed by atoms with Gasteiger partial charge >= 0.3 is 0 Å². The maximum absolute atomic E-state index is 5.93. The number of rotatable bonds is 0. The zero-order chi connectivity index (χ0) is 8.55. The summed E-state index contributed by atoms with van der Waals surface area (Å²) in [6.45, 7) is 0. The molecule has 0 saturated heterocycles. The van der Waals surface area contributed by atoms with E-state index in [4.69, 9.17) is 23.2 Å². The fraction of sp³-hybridized carbons (Fsp3) is 0. The zero-order valence-corrected chi connectivity index (χ0v) is 7.60. The van der Waals surface area contributed by atoms with Crippen LogP contribution < -0.4 is 0 Å². The van der Waals surface area contributed by atoms with E-state index in [2.05, 4.69) is 4.98 Å². The quantitative estimate of drug-likeness (QED) is 0.590. The molecule has 0 unspecified atom stereocenters. The van der Waals surface area contributed by atoms with Crippen molar-refractivity contribution in [3.8, 4) is 0 Å². The largest absolute Gasteiger partial charge is 0.244 e. The number of nitrogens with zero attached hydrogens (tertiary/aromatic N) is 1. The maximum atomic E-state index is 5.93. The number of hydrogen-bond donors (Lipinski definition) is 0. The van der Waals surface area contributed by atoms with E-state index in [1.807, 2.05) is 18.2 Å². The van der Waals surface area contributed by atoms with Gasteiger partial charge in [0.15, 0.2) is 0 Å². The van der Waals surface area contributed by atoms with E-state index >= 15 is 0 Å². The molecule has 2 rings (SSSR count). The van der Waals surface area contributed by atoms with Crippen LogP contribution in [0.4, 0.5) is 0 Å². The predicted molar refractivity (Wildman–Crippen MR) is 51.8 cm³/mol. The van der Waals surface area contributed by atoms with Crippen LogP contribution in [0.3, 0.4) is 0 Å². The average Bonchev–Trinajstić information content (AvgIpc) is 2.04. The Balaban J connectivity index is 2.86. The Morgan fingerprint density at radius 1 is 1.17 bits per heavy atom. The van der Waals surface area contributed by atoms with Crippen LogP contribution in [0.25, 0.3) is 10.8 Å². The molecule has 1 nitrogen and oxygen atoms in total. The molecule has 0 amide bonds. The molecule has 1 aromatic heterocycles. The summed E-state index contributed by atoms with van der Waals surface area (Å²) >= 11 is 11.6. The normalized spacial score (nSPS) is 10.5. The smallest absolute Gasteiger partial charge is 0.129 e. The summed E-state index contributed by atoms with van der Waals surface area (Å²) in [5, 5.41) is 3.15. The predicted octanol–water partition coefficient (Wildman–Crippen LogP) is 3.54. The van der Waals surface area contributed by atoms with Crippen LogP contribution in [0.1, 0.15) is 0 Å². The van der Waals surface area contributed by atoms with Crippen molar-refractivity contribution >= 4 is 34.0 Å². The summed E-state index contributed by atoms with van der Waals surface area (Å²) in [6.07, 6.45) is 1.68. The van der Waals surface area contributed by atoms with Gasteiger partial charge < -0.3 is 0 Å². The second kappa shape index (κ2) is 2.92. The molecule has 0 radical (unpaired) electrons. The third kappa shape index (κ3) is 1.26. The van der Waals surface area contributed by atoms with Gasteiger partial charge in [0.2, 0.25) is 0 Å². The first-order valence-electron chi connectivity index (χ1n) is 3.47. The Morgan fingerprint density at radius 2 is 2.00 bits per heavy atom. The molecule has 60 valence electrons. The van der Waals surface area contributed by atoms with Crippen molar-refractivity contribution in [1.29, 1.82) is 0 Å². The molecule has 0 aliphatic heterocycles. The number of hydrogen-bond acceptors (Lipinski definition) is 1. The second-order valence-electron chi connectivity index (χ2n) is 2.47. The average molecular weight is 198 g/mol. The lowest BCUT2D eigenvalue weighted by Crippen LogP contribution is -1.77. The van der Waals surface area contributed by atoms with Gasteiger partial charge in [0.05, 0.1) is 0 Å². The van der Waals surface area contributed by atoms with Crippen LogP contribution in [0, 0.1) is 0 Å². The van der Waals surface area contributed by atoms with E-state index in [0.29, 0.717) is 10.2 Å². The summed E-state index contributed by atoms with van der Waals surface area (Å²) in [7, 11) is 0. The van der Waals surface area contributed by atoms with Gasteiger partial charge in [-0.25, -0.2) is 4.98 Å². The first-order chi connectivity index (χ1) is 5.77. The Bertz CT molecular complexity index is 426. The highest BCUT2D eigenvalue weighted by molar-refractivity contribution is 6.36. The molecule has 12 heavy (non-hydrogen) atoms. The monoisotopic (exact) mass is 197 g/mol. The molecule has 3 heteroatoms. The highest BCUT2D eigenvalue weighted by atomic mass is 35.5. The molecular formula is C9H5Cl2N. The number of benzene rings is 1. The van der Waals surface area contributed by atoms with Crippen LogP contribution in [-0.2, 0) is 0 Å². The molecule has 0 fully saturated rings. The molecule has 0 atom stereocenters. The van der Waals surface area contributed by atoms with Gasteiger partial charge in [0, 0.05) is 16.6 Å². The van der Waals surface area contributed by atoms with Gasteiger partial charge in [-0.3, -0.25) is 0 Å². The van der Waals surface area contributed by atoms with Crippen molar-refractivity contribution in [2.45, 2.75) is 0 Å². The fourth-order valence-electron chi connectivity index (χ4n) is 1.11. The third-order valence-corrected chi connectivity index (χ3v) is 2.21. The molecule has 0 saturated carbocycles. The van der Waals surface area contributed by atoms with Crippen molar-refractivity contribution in [3.63, 3.8) is 0 Å². The maximum Gasteiger partial charge on any atom is 0.129 e. The Labute approximate surface area is 79.9 Å². The van der Waals surface area contributed by atoms with Crippen LogP contribution in [0.5, 0.6) is 0 Å². The molecule has 0 N–H and O–H groups in total. The van der Waals surface area contributed by atoms with Crippen LogP contribution >= 0.6 is 23.2 Å². The van der Waals surface area contributed by atoms with Crippen LogP contribution in [0.15, 0.2) is 30.5 Å². The van der Waals surface area contributed by atoms with Gasteiger partial charge in [-0.05, 0) is 17.5 Å². The first-order valence-corrected chi connectivity index (χ1v) is 4.23. The van der Waals surface area contributed by atoms with E-state index in [1.165, 1.54) is 0 Å². The molecule has 0 aliphatic rings. The van der Waals surface area contributed by atoms with Crippen molar-refractivity contribution in [2.75, 3.05) is 0 Å². The van der Waals surface area contributed by atoms with Crippen molar-refractivity contribution < 1.29 is 0 Å². The summed E-state index contributed by atoms with van der Waals surface area (Å²) in [6, 6.07) is 7.47. The van der Waals surface area contributed by atoms with Gasteiger partial charge in [-0.1, -0.05) is 35.3 Å². The van der Waals surface area contributed by atoms with E-state index in [-0.39, 0.29) is 0 Å². The van der Waals surface area contributed by atoms with Crippen LogP contribution in [-0.4, -0.2) is 4.98 Å².